The van der Waals surface area contributed by atoms with Crippen LogP contribution in [0.25, 0.3) is 76.6 Å². The van der Waals surface area contributed by atoms with Crippen molar-refractivity contribution in [2.24, 2.45) is 0 Å². The molecule has 0 aliphatic heterocycles. The summed E-state index contributed by atoms with van der Waals surface area (Å²) in [6.45, 7) is 17.5. The van der Waals surface area contributed by atoms with Crippen molar-refractivity contribution in [1.82, 2.24) is 89.7 Å². The lowest BCUT2D eigenvalue weighted by atomic mass is 10.1. The summed E-state index contributed by atoms with van der Waals surface area (Å²) < 4.78 is 28.3. The average molecular weight is 1250 g/mol. The standard InChI is InChI=1S/C11H12N2O2.C11H12N2O.C10H8FN.2C8H7N3.C7H6N4.C7H6N2S.C6H8N2/c1-7-8-4-10(14-2)11(15-3)5-9(8)13-6-12-7;1-7-10-5-4-9(14-3)6-11(10)13-8(2)12-7;1-7-10-3-2-9(11)6-8(10)4-5-12-7;1-6-7-2-3-9-4-8(7)11-5-10-6;1-6-7-3-2-4-9-8(7)11-5-10-6;1-5-6-7(11-4-10-5)9-3-2-8-6;1-5-6-2-10-3-7(6)9-4-8-5;1-5-2-3-8-4-6(5)7/h4-6H,1-3H3;4-6H,1-3H3;2-6H,1H3;2*2-5H,1H3;2-4H,1H3;2-4H,1H3;2-4H,7H2,1H3. The minimum atomic E-state index is -0.201. The lowest BCUT2D eigenvalue weighted by Crippen LogP contribution is -1.93. The summed E-state index contributed by atoms with van der Waals surface area (Å²) in [6, 6.07) is 23.8. The van der Waals surface area contributed by atoms with Gasteiger partial charge in [-0.3, -0.25) is 15.0 Å². The van der Waals surface area contributed by atoms with Crippen LogP contribution in [0.4, 0.5) is 10.1 Å². The molecule has 3 aromatic carbocycles. The molecular formula is C68H66FN19O3S. The highest BCUT2D eigenvalue weighted by Crippen LogP contribution is 2.32. The van der Waals surface area contributed by atoms with E-state index in [1.165, 1.54) is 30.2 Å². The minimum absolute atomic E-state index is 0.201. The van der Waals surface area contributed by atoms with E-state index in [0.717, 1.165) is 128 Å². The zero-order valence-electron chi connectivity index (χ0n) is 52.8. The van der Waals surface area contributed by atoms with Gasteiger partial charge in [0.05, 0.1) is 66.7 Å². The van der Waals surface area contributed by atoms with Crippen LogP contribution in [-0.4, -0.2) is 111 Å². The maximum absolute atomic E-state index is 12.7. The molecule has 0 bridgehead atoms. The molecule has 0 radical (unpaired) electrons. The van der Waals surface area contributed by atoms with Crippen LogP contribution in [-0.2, 0) is 0 Å². The Hall–Kier alpha value is -11.5. The van der Waals surface area contributed by atoms with Gasteiger partial charge in [-0.15, -0.1) is 11.3 Å². The smallest absolute Gasteiger partial charge is 0.181 e. The predicted octanol–water partition coefficient (Wildman–Crippen LogP) is 13.3. The Balaban J connectivity index is 0.000000136. The molecule has 0 aliphatic rings. The number of pyridine rings is 4. The van der Waals surface area contributed by atoms with Crippen LogP contribution in [0.3, 0.4) is 0 Å². The molecular weight excluding hydrogens is 1180 g/mol. The van der Waals surface area contributed by atoms with E-state index in [1.807, 2.05) is 128 Å². The number of aryl methyl sites for hydroxylation is 9. The Kier molecular flexibility index (Phi) is 23.6. The summed E-state index contributed by atoms with van der Waals surface area (Å²) in [5.74, 6) is 2.80. The van der Waals surface area contributed by atoms with Crippen molar-refractivity contribution in [2.45, 2.75) is 62.3 Å². The zero-order valence-corrected chi connectivity index (χ0v) is 53.6. The molecule has 464 valence electrons. The van der Waals surface area contributed by atoms with Crippen molar-refractivity contribution in [3.63, 3.8) is 0 Å². The van der Waals surface area contributed by atoms with Crippen molar-refractivity contribution in [1.29, 1.82) is 0 Å². The van der Waals surface area contributed by atoms with Crippen LogP contribution in [0.5, 0.6) is 17.2 Å². The number of nitrogens with zero attached hydrogens (tertiary/aromatic N) is 18. The SMILES string of the molecule is COc1cc2ncnc(C)c2cc1OC.COc1ccc2c(C)nc(C)nc2c1.Cc1ccncc1N.Cc1nccc2cc(F)ccc12.Cc1ncnc2cnccc12.Cc1ncnc2cscc12.Cc1ncnc2ncccc12.Cc1ncnc2nccnc12. The van der Waals surface area contributed by atoms with Crippen LogP contribution >= 0.6 is 11.3 Å². The third-order valence-corrected chi connectivity index (χ3v) is 14.5. The highest BCUT2D eigenvalue weighted by molar-refractivity contribution is 7.09. The topological polar surface area (TPSA) is 286 Å². The minimum Gasteiger partial charge on any atom is -0.497 e. The number of rotatable bonds is 3. The number of nitrogens with two attached hydrogens (primary N) is 1. The maximum atomic E-state index is 12.7. The van der Waals surface area contributed by atoms with Crippen molar-refractivity contribution < 1.29 is 18.6 Å². The van der Waals surface area contributed by atoms with Gasteiger partial charge in [0, 0.05) is 127 Å². The van der Waals surface area contributed by atoms with Gasteiger partial charge in [0.1, 0.15) is 54.5 Å². The number of thiophene rings is 1. The molecule has 15 aromatic rings. The molecule has 0 amide bonds. The van der Waals surface area contributed by atoms with Gasteiger partial charge >= 0.3 is 0 Å². The Morgan fingerprint density at radius 1 is 0.391 bits per heavy atom. The summed E-state index contributed by atoms with van der Waals surface area (Å²) in [5, 5.41) is 11.4. The van der Waals surface area contributed by atoms with Gasteiger partial charge in [-0.1, -0.05) is 0 Å². The van der Waals surface area contributed by atoms with Gasteiger partial charge < -0.3 is 19.9 Å². The molecule has 0 unspecified atom stereocenters. The summed E-state index contributed by atoms with van der Waals surface area (Å²) >= 11 is 1.66. The number of fused-ring (bicyclic) bond motifs is 7. The molecule has 0 fully saturated rings. The first-order valence-corrected chi connectivity index (χ1v) is 29.3. The number of hydrogen-bond acceptors (Lipinski definition) is 23. The van der Waals surface area contributed by atoms with Crippen LogP contribution in [0.15, 0.2) is 171 Å². The van der Waals surface area contributed by atoms with Gasteiger partial charge in [0.25, 0.3) is 0 Å². The summed E-state index contributed by atoms with van der Waals surface area (Å²) in [4.78, 5) is 73.4. The molecule has 12 aromatic heterocycles. The van der Waals surface area contributed by atoms with Crippen LogP contribution in [0, 0.1) is 68.1 Å². The van der Waals surface area contributed by atoms with Gasteiger partial charge in [-0.2, -0.15) is 0 Å². The Labute approximate surface area is 533 Å². The van der Waals surface area contributed by atoms with E-state index >= 15 is 0 Å². The van der Waals surface area contributed by atoms with Gasteiger partial charge in [-0.05, 0) is 140 Å². The molecule has 0 aliphatic carbocycles. The number of halogens is 1. The molecule has 0 spiro atoms. The molecule has 22 nitrogen and oxygen atoms in total. The molecule has 92 heavy (non-hydrogen) atoms. The lowest BCUT2D eigenvalue weighted by Gasteiger charge is -2.09. The van der Waals surface area contributed by atoms with E-state index in [9.17, 15) is 4.39 Å². The summed E-state index contributed by atoms with van der Waals surface area (Å²) in [5.41, 5.74) is 20.0. The second-order valence-electron chi connectivity index (χ2n) is 19.9. The second kappa shape index (κ2) is 32.6. The number of aromatic nitrogens is 18. The Morgan fingerprint density at radius 3 is 1.66 bits per heavy atom. The Morgan fingerprint density at radius 2 is 0.989 bits per heavy atom. The quantitative estimate of drug-likeness (QED) is 0.172. The Bertz CT molecular complexity index is 4710. The van der Waals surface area contributed by atoms with E-state index < -0.39 is 0 Å². The normalized spacial score (nSPS) is 10.3. The van der Waals surface area contributed by atoms with Crippen molar-refractivity contribution in [3.8, 4) is 17.2 Å². The molecule has 12 heterocycles. The molecule has 24 heteroatoms. The monoisotopic (exact) mass is 1250 g/mol. The number of ether oxygens (including phenoxy) is 3. The highest BCUT2D eigenvalue weighted by Gasteiger charge is 2.09. The van der Waals surface area contributed by atoms with Gasteiger partial charge in [-0.25, -0.2) is 79.2 Å². The fourth-order valence-electron chi connectivity index (χ4n) is 8.71. The third-order valence-electron chi connectivity index (χ3n) is 13.7. The number of benzene rings is 3. The first-order valence-electron chi connectivity index (χ1n) is 28.4. The van der Waals surface area contributed by atoms with E-state index in [-0.39, 0.29) is 5.82 Å². The van der Waals surface area contributed by atoms with Crippen molar-refractivity contribution in [2.75, 3.05) is 27.1 Å². The second-order valence-corrected chi connectivity index (χ2v) is 20.7. The van der Waals surface area contributed by atoms with Crippen LogP contribution in [0.1, 0.15) is 51.2 Å². The number of methoxy groups -OCH3 is 3. The van der Waals surface area contributed by atoms with E-state index in [2.05, 4.69) is 95.1 Å². The zero-order chi connectivity index (χ0) is 65.5. The number of nitrogen functional groups attached to an aromatic ring is 1. The van der Waals surface area contributed by atoms with Crippen molar-refractivity contribution >= 4 is 93.6 Å². The van der Waals surface area contributed by atoms with Gasteiger partial charge in [0.15, 0.2) is 22.8 Å². The molecule has 0 atom stereocenters. The first kappa shape index (κ1) is 66.4. The number of anilines is 1. The molecule has 2 N–H and O–H groups in total. The summed E-state index contributed by atoms with van der Waals surface area (Å²) in [6.07, 6.45) is 21.3. The lowest BCUT2D eigenvalue weighted by molar-refractivity contribution is 0.355. The summed E-state index contributed by atoms with van der Waals surface area (Å²) in [7, 11) is 4.88. The first-order chi connectivity index (χ1) is 44.5. The largest absolute Gasteiger partial charge is 0.497 e. The highest BCUT2D eigenvalue weighted by atomic mass is 32.1. The fraction of sp³-hybridized carbons (Fsp3) is 0.176. The molecule has 15 rings (SSSR count). The average Bonchev–Trinajstić information content (AvgIpc) is 1.22. The third kappa shape index (κ3) is 17.8. The fourth-order valence-corrected chi connectivity index (χ4v) is 9.52. The number of hydrogen-bond donors (Lipinski definition) is 1. The predicted molar refractivity (Wildman–Crippen MR) is 359 cm³/mol. The van der Waals surface area contributed by atoms with Crippen LogP contribution in [0.2, 0.25) is 0 Å². The van der Waals surface area contributed by atoms with E-state index in [4.69, 9.17) is 19.9 Å². The van der Waals surface area contributed by atoms with Crippen molar-refractivity contribution in [3.05, 3.63) is 228 Å². The maximum Gasteiger partial charge on any atom is 0.181 e. The van der Waals surface area contributed by atoms with E-state index in [1.54, 1.807) is 107 Å². The van der Waals surface area contributed by atoms with Gasteiger partial charge in [0.2, 0.25) is 0 Å². The molecule has 0 saturated carbocycles. The van der Waals surface area contributed by atoms with Crippen LogP contribution < -0.4 is 19.9 Å². The van der Waals surface area contributed by atoms with E-state index in [0.29, 0.717) is 17.1 Å². The molecule has 0 saturated heterocycles.